The third-order valence-electron chi connectivity index (χ3n) is 5.03. The Labute approximate surface area is 127 Å². The number of rotatable bonds is 2. The van der Waals surface area contributed by atoms with Crippen LogP contribution in [0.1, 0.15) is 52.9 Å². The van der Waals surface area contributed by atoms with E-state index in [0.29, 0.717) is 11.5 Å². The molecule has 1 aliphatic carbocycles. The van der Waals surface area contributed by atoms with E-state index in [4.69, 9.17) is 0 Å². The molecule has 1 saturated carbocycles. The normalized spacial score (nSPS) is 24.0. The minimum atomic E-state index is 0.443. The van der Waals surface area contributed by atoms with Crippen LogP contribution in [-0.4, -0.2) is 16.2 Å². The van der Waals surface area contributed by atoms with Gasteiger partial charge in [0, 0.05) is 11.4 Å². The summed E-state index contributed by atoms with van der Waals surface area (Å²) in [5, 5.41) is 12.2. The van der Waals surface area contributed by atoms with Crippen LogP contribution in [0.25, 0.3) is 10.9 Å². The topological polar surface area (TPSA) is 40.7 Å². The molecule has 0 aliphatic heterocycles. The molecule has 1 aromatic carbocycles. The summed E-state index contributed by atoms with van der Waals surface area (Å²) in [6.45, 7) is 7.16. The smallest absolute Gasteiger partial charge is 0.0881 e. The minimum absolute atomic E-state index is 0.443. The molecule has 3 nitrogen and oxygen atoms in total. The van der Waals surface area contributed by atoms with Gasteiger partial charge < -0.3 is 5.32 Å². The van der Waals surface area contributed by atoms with Gasteiger partial charge in [-0.2, -0.15) is 5.10 Å². The van der Waals surface area contributed by atoms with Crippen LogP contribution >= 0.6 is 0 Å². The number of nitrogens with one attached hydrogen (secondary N) is 2. The molecule has 1 aromatic heterocycles. The molecule has 0 radical (unpaired) electrons. The fourth-order valence-corrected chi connectivity index (χ4v) is 3.62. The lowest BCUT2D eigenvalue weighted by molar-refractivity contribution is 0.214. The Balaban J connectivity index is 1.70. The van der Waals surface area contributed by atoms with Crippen molar-refractivity contribution in [3.05, 3.63) is 24.4 Å². The Kier molecular flexibility index (Phi) is 3.92. The molecule has 1 heterocycles. The number of aromatic amines is 1. The summed E-state index contributed by atoms with van der Waals surface area (Å²) in [5.74, 6) is 0.854. The summed E-state index contributed by atoms with van der Waals surface area (Å²) >= 11 is 0. The molecule has 0 amide bonds. The molecule has 0 bridgehead atoms. The van der Waals surface area contributed by atoms with Crippen molar-refractivity contribution >= 4 is 16.6 Å². The van der Waals surface area contributed by atoms with Crippen LogP contribution in [0.4, 0.5) is 5.69 Å². The third kappa shape index (κ3) is 3.22. The first-order valence-electron chi connectivity index (χ1n) is 8.22. The quantitative estimate of drug-likeness (QED) is 0.765. The largest absolute Gasteiger partial charge is 0.381 e. The number of H-pyrrole nitrogens is 1. The van der Waals surface area contributed by atoms with E-state index in [-0.39, 0.29) is 0 Å². The van der Waals surface area contributed by atoms with E-state index in [0.717, 1.165) is 11.4 Å². The van der Waals surface area contributed by atoms with Crippen molar-refractivity contribution in [1.29, 1.82) is 0 Å². The Hall–Kier alpha value is -1.51. The van der Waals surface area contributed by atoms with Gasteiger partial charge in [-0.15, -0.1) is 0 Å². The van der Waals surface area contributed by atoms with Crippen molar-refractivity contribution in [2.24, 2.45) is 11.3 Å². The Morgan fingerprint density at radius 3 is 2.81 bits per heavy atom. The zero-order valence-electron chi connectivity index (χ0n) is 13.4. The zero-order chi connectivity index (χ0) is 14.9. The van der Waals surface area contributed by atoms with Crippen LogP contribution in [0, 0.1) is 11.3 Å². The predicted octanol–water partition coefficient (Wildman–Crippen LogP) is 4.97. The third-order valence-corrected chi connectivity index (χ3v) is 5.03. The van der Waals surface area contributed by atoms with Gasteiger partial charge in [-0.05, 0) is 43.1 Å². The maximum atomic E-state index is 4.15. The summed E-state index contributed by atoms with van der Waals surface area (Å²) < 4.78 is 0. The van der Waals surface area contributed by atoms with Crippen LogP contribution in [0.5, 0.6) is 0 Å². The first-order chi connectivity index (χ1) is 10.0. The van der Waals surface area contributed by atoms with Crippen LogP contribution in [0.15, 0.2) is 24.4 Å². The molecule has 21 heavy (non-hydrogen) atoms. The summed E-state index contributed by atoms with van der Waals surface area (Å²) in [7, 11) is 0. The van der Waals surface area contributed by atoms with E-state index in [1.807, 2.05) is 6.20 Å². The van der Waals surface area contributed by atoms with E-state index >= 15 is 0 Å². The van der Waals surface area contributed by atoms with E-state index in [1.165, 1.54) is 43.2 Å². The van der Waals surface area contributed by atoms with Gasteiger partial charge in [-0.1, -0.05) is 39.3 Å². The molecular weight excluding hydrogens is 258 g/mol. The Morgan fingerprint density at radius 2 is 2.00 bits per heavy atom. The monoisotopic (exact) mass is 285 g/mol. The first-order valence-corrected chi connectivity index (χ1v) is 8.22. The van der Waals surface area contributed by atoms with E-state index in [1.54, 1.807) is 0 Å². The van der Waals surface area contributed by atoms with Gasteiger partial charge in [-0.25, -0.2) is 0 Å². The van der Waals surface area contributed by atoms with Crippen molar-refractivity contribution in [2.45, 2.75) is 58.9 Å². The minimum Gasteiger partial charge on any atom is -0.381 e. The number of hydrogen-bond acceptors (Lipinski definition) is 2. The SMILES string of the molecule is CC(C)(C)C1CCCC(Nc2cccc3cn[nH]c23)CC1. The molecular formula is C18H27N3. The second-order valence-electron chi connectivity index (χ2n) is 7.55. The molecule has 114 valence electrons. The molecule has 3 heteroatoms. The van der Waals surface area contributed by atoms with Crippen LogP contribution in [0.2, 0.25) is 0 Å². The zero-order valence-corrected chi connectivity index (χ0v) is 13.4. The second kappa shape index (κ2) is 5.70. The second-order valence-corrected chi connectivity index (χ2v) is 7.55. The molecule has 0 saturated heterocycles. The average Bonchev–Trinajstić information content (AvgIpc) is 2.78. The van der Waals surface area contributed by atoms with Gasteiger partial charge in [0.1, 0.15) is 0 Å². The van der Waals surface area contributed by atoms with Gasteiger partial charge in [0.2, 0.25) is 0 Å². The predicted molar refractivity (Wildman–Crippen MR) is 89.5 cm³/mol. The maximum Gasteiger partial charge on any atom is 0.0881 e. The van der Waals surface area contributed by atoms with Crippen LogP contribution in [0.3, 0.4) is 0 Å². The van der Waals surface area contributed by atoms with Crippen molar-refractivity contribution in [3.63, 3.8) is 0 Å². The lowest BCUT2D eigenvalue weighted by Crippen LogP contribution is -2.21. The fourth-order valence-electron chi connectivity index (χ4n) is 3.62. The van der Waals surface area contributed by atoms with Crippen molar-refractivity contribution < 1.29 is 0 Å². The highest BCUT2D eigenvalue weighted by Gasteiger charge is 2.27. The highest BCUT2D eigenvalue weighted by Crippen LogP contribution is 2.37. The van der Waals surface area contributed by atoms with Crippen LogP contribution < -0.4 is 5.32 Å². The van der Waals surface area contributed by atoms with E-state index in [2.05, 4.69) is 54.5 Å². The highest BCUT2D eigenvalue weighted by molar-refractivity contribution is 5.89. The Bertz CT molecular complexity index is 594. The van der Waals surface area contributed by atoms with Gasteiger partial charge in [0.05, 0.1) is 17.4 Å². The highest BCUT2D eigenvalue weighted by atomic mass is 15.1. The van der Waals surface area contributed by atoms with Gasteiger partial charge in [0.25, 0.3) is 0 Å². The molecule has 2 atom stereocenters. The Morgan fingerprint density at radius 1 is 1.14 bits per heavy atom. The van der Waals surface area contributed by atoms with Gasteiger partial charge >= 0.3 is 0 Å². The summed E-state index contributed by atoms with van der Waals surface area (Å²) in [5.41, 5.74) is 2.77. The van der Waals surface area contributed by atoms with Gasteiger partial charge in [-0.3, -0.25) is 5.10 Å². The summed E-state index contributed by atoms with van der Waals surface area (Å²) in [4.78, 5) is 0. The molecule has 2 unspecified atom stereocenters. The number of benzene rings is 1. The lowest BCUT2D eigenvalue weighted by Gasteiger charge is -2.29. The number of fused-ring (bicyclic) bond motifs is 1. The number of para-hydroxylation sites is 1. The number of nitrogens with zero attached hydrogens (tertiary/aromatic N) is 1. The summed E-state index contributed by atoms with van der Waals surface area (Å²) in [6, 6.07) is 6.96. The average molecular weight is 285 g/mol. The number of anilines is 1. The lowest BCUT2D eigenvalue weighted by atomic mass is 9.76. The number of aromatic nitrogens is 2. The van der Waals surface area contributed by atoms with E-state index in [9.17, 15) is 0 Å². The molecule has 1 fully saturated rings. The van der Waals surface area contributed by atoms with E-state index < -0.39 is 0 Å². The molecule has 3 rings (SSSR count). The molecule has 2 aromatic rings. The molecule has 0 spiro atoms. The fraction of sp³-hybridized carbons (Fsp3) is 0.611. The van der Waals surface area contributed by atoms with Gasteiger partial charge in [0.15, 0.2) is 0 Å². The van der Waals surface area contributed by atoms with Crippen molar-refractivity contribution in [1.82, 2.24) is 10.2 Å². The molecule has 1 aliphatic rings. The van der Waals surface area contributed by atoms with Crippen LogP contribution in [-0.2, 0) is 0 Å². The van der Waals surface area contributed by atoms with Crippen molar-refractivity contribution in [2.75, 3.05) is 5.32 Å². The maximum absolute atomic E-state index is 4.15. The molecule has 2 N–H and O–H groups in total. The first kappa shape index (κ1) is 14.4. The number of hydrogen-bond donors (Lipinski definition) is 2. The standard InChI is InChI=1S/C18H27N3/c1-18(2,3)14-7-5-8-15(11-10-14)20-16-9-4-6-13-12-19-21-17(13)16/h4,6,9,12,14-15,20H,5,7-8,10-11H2,1-3H3,(H,19,21). The van der Waals surface area contributed by atoms with Crippen molar-refractivity contribution in [3.8, 4) is 0 Å². The summed E-state index contributed by atoms with van der Waals surface area (Å²) in [6.07, 6.45) is 8.47.